The van der Waals surface area contributed by atoms with E-state index in [0.717, 1.165) is 0 Å². The van der Waals surface area contributed by atoms with E-state index in [1.807, 2.05) is 13.8 Å². The SMILES string of the molecule is CC(C)[C@H](NC(=O)c1ccc(Cl)c(Cl)c1)c1nnc(SCC(=O)Nc2cccc(Cl)c2)n1C. The fourth-order valence-electron chi connectivity index (χ4n) is 3.01. The summed E-state index contributed by atoms with van der Waals surface area (Å²) in [5.41, 5.74) is 1.01. The summed E-state index contributed by atoms with van der Waals surface area (Å²) in [6.45, 7) is 3.94. The van der Waals surface area contributed by atoms with E-state index < -0.39 is 6.04 Å². The van der Waals surface area contributed by atoms with Crippen LogP contribution in [-0.2, 0) is 11.8 Å². The second-order valence-corrected chi connectivity index (χ2v) is 9.76. The Morgan fingerprint density at radius 3 is 2.48 bits per heavy atom. The van der Waals surface area contributed by atoms with Crippen LogP contribution in [0.15, 0.2) is 47.6 Å². The summed E-state index contributed by atoms with van der Waals surface area (Å²) in [6, 6.07) is 11.2. The number of amides is 2. The Morgan fingerprint density at radius 2 is 1.82 bits per heavy atom. The van der Waals surface area contributed by atoms with Crippen molar-refractivity contribution in [1.82, 2.24) is 20.1 Å². The highest BCUT2D eigenvalue weighted by Gasteiger charge is 2.25. The summed E-state index contributed by atoms with van der Waals surface area (Å²) in [4.78, 5) is 25.1. The van der Waals surface area contributed by atoms with Crippen LogP contribution in [0.3, 0.4) is 0 Å². The monoisotopic (exact) mass is 525 g/mol. The highest BCUT2D eigenvalue weighted by Crippen LogP contribution is 2.26. The summed E-state index contributed by atoms with van der Waals surface area (Å²) >= 11 is 19.2. The van der Waals surface area contributed by atoms with Gasteiger partial charge in [-0.05, 0) is 42.3 Å². The predicted molar refractivity (Wildman–Crippen MR) is 133 cm³/mol. The van der Waals surface area contributed by atoms with Gasteiger partial charge in [0.1, 0.15) is 0 Å². The van der Waals surface area contributed by atoms with Gasteiger partial charge >= 0.3 is 0 Å². The van der Waals surface area contributed by atoms with Crippen LogP contribution in [0.25, 0.3) is 0 Å². The number of carbonyl (C=O) groups excluding carboxylic acids is 2. The second-order valence-electron chi connectivity index (χ2n) is 7.57. The first-order chi connectivity index (χ1) is 15.7. The Kier molecular flexibility index (Phi) is 8.64. The second kappa shape index (κ2) is 11.2. The van der Waals surface area contributed by atoms with Crippen molar-refractivity contribution in [2.24, 2.45) is 13.0 Å². The number of rotatable bonds is 8. The Bertz CT molecular complexity index is 1170. The number of hydrogen-bond acceptors (Lipinski definition) is 5. The van der Waals surface area contributed by atoms with Crippen LogP contribution < -0.4 is 10.6 Å². The van der Waals surface area contributed by atoms with Gasteiger partial charge in [0.05, 0.1) is 21.8 Å². The fourth-order valence-corrected chi connectivity index (χ4v) is 4.21. The average Bonchev–Trinajstić information content (AvgIpc) is 3.12. The molecule has 7 nitrogen and oxygen atoms in total. The number of benzene rings is 2. The lowest BCUT2D eigenvalue weighted by atomic mass is 10.0. The van der Waals surface area contributed by atoms with E-state index in [2.05, 4.69) is 20.8 Å². The normalized spacial score (nSPS) is 12.0. The molecule has 2 amide bonds. The smallest absolute Gasteiger partial charge is 0.251 e. The minimum Gasteiger partial charge on any atom is -0.342 e. The van der Waals surface area contributed by atoms with Crippen molar-refractivity contribution in [3.63, 3.8) is 0 Å². The zero-order valence-electron chi connectivity index (χ0n) is 18.1. The molecule has 0 radical (unpaired) electrons. The summed E-state index contributed by atoms with van der Waals surface area (Å²) in [5, 5.41) is 16.0. The van der Waals surface area contributed by atoms with Gasteiger partial charge in [-0.15, -0.1) is 10.2 Å². The number of halogens is 3. The maximum absolute atomic E-state index is 12.8. The van der Waals surface area contributed by atoms with E-state index in [0.29, 0.717) is 37.3 Å². The van der Waals surface area contributed by atoms with Crippen molar-refractivity contribution in [3.05, 3.63) is 68.9 Å². The third kappa shape index (κ3) is 6.63. The van der Waals surface area contributed by atoms with Gasteiger partial charge in [0.25, 0.3) is 5.91 Å². The molecule has 2 N–H and O–H groups in total. The lowest BCUT2D eigenvalue weighted by Crippen LogP contribution is -2.33. The number of nitrogens with one attached hydrogen (secondary N) is 2. The maximum atomic E-state index is 12.8. The summed E-state index contributed by atoms with van der Waals surface area (Å²) in [6.07, 6.45) is 0. The Balaban J connectivity index is 1.67. The van der Waals surface area contributed by atoms with E-state index in [1.165, 1.54) is 17.8 Å². The molecule has 1 heterocycles. The molecule has 0 saturated carbocycles. The highest BCUT2D eigenvalue weighted by atomic mass is 35.5. The third-order valence-corrected chi connectivity index (χ3v) is 6.72. The molecule has 3 aromatic rings. The minimum absolute atomic E-state index is 0.0311. The standard InChI is InChI=1S/C22H22Cl3N5O2S/c1-12(2)19(27-21(32)13-7-8-16(24)17(25)9-13)20-28-29-22(30(20)3)33-11-18(31)26-15-6-4-5-14(23)10-15/h4-10,12,19H,11H2,1-3H3,(H,26,31)(H,27,32)/t19-/m0/s1. The van der Waals surface area contributed by atoms with Crippen molar-refractivity contribution < 1.29 is 9.59 Å². The van der Waals surface area contributed by atoms with Crippen molar-refractivity contribution in [2.45, 2.75) is 25.0 Å². The molecule has 1 aromatic heterocycles. The molecule has 0 aliphatic carbocycles. The number of nitrogens with zero attached hydrogens (tertiary/aromatic N) is 3. The number of anilines is 1. The maximum Gasteiger partial charge on any atom is 0.251 e. The lowest BCUT2D eigenvalue weighted by Gasteiger charge is -2.22. The predicted octanol–water partition coefficient (Wildman–Crippen LogP) is 5.63. The van der Waals surface area contributed by atoms with Gasteiger partial charge in [-0.25, -0.2) is 0 Å². The van der Waals surface area contributed by atoms with Gasteiger partial charge in [0.15, 0.2) is 11.0 Å². The average molecular weight is 527 g/mol. The van der Waals surface area contributed by atoms with E-state index in [-0.39, 0.29) is 23.5 Å². The van der Waals surface area contributed by atoms with Crippen LogP contribution in [0, 0.1) is 5.92 Å². The Hall–Kier alpha value is -2.26. The van der Waals surface area contributed by atoms with Crippen LogP contribution >= 0.6 is 46.6 Å². The van der Waals surface area contributed by atoms with Crippen LogP contribution in [-0.4, -0.2) is 32.3 Å². The molecule has 0 aliphatic heterocycles. The van der Waals surface area contributed by atoms with Gasteiger partial charge in [-0.1, -0.05) is 66.5 Å². The van der Waals surface area contributed by atoms with Crippen LogP contribution in [0.2, 0.25) is 15.1 Å². The molecular formula is C22H22Cl3N5O2S. The topological polar surface area (TPSA) is 88.9 Å². The zero-order valence-corrected chi connectivity index (χ0v) is 21.2. The van der Waals surface area contributed by atoms with E-state index in [1.54, 1.807) is 48.0 Å². The lowest BCUT2D eigenvalue weighted by molar-refractivity contribution is -0.113. The molecule has 11 heteroatoms. The first kappa shape index (κ1) is 25.4. The molecule has 0 saturated heterocycles. The first-order valence-electron chi connectivity index (χ1n) is 9.99. The molecule has 33 heavy (non-hydrogen) atoms. The summed E-state index contributed by atoms with van der Waals surface area (Å²) in [5.74, 6) is 0.255. The Morgan fingerprint density at radius 1 is 1.06 bits per heavy atom. The molecule has 3 rings (SSSR count). The molecule has 0 spiro atoms. The van der Waals surface area contributed by atoms with Crippen molar-refractivity contribution in [2.75, 3.05) is 11.1 Å². The molecule has 0 unspecified atom stereocenters. The first-order valence-corrected chi connectivity index (χ1v) is 12.1. The largest absolute Gasteiger partial charge is 0.342 e. The molecule has 0 aliphatic rings. The van der Waals surface area contributed by atoms with Gasteiger partial charge in [0.2, 0.25) is 5.91 Å². The molecule has 1 atom stereocenters. The highest BCUT2D eigenvalue weighted by molar-refractivity contribution is 7.99. The van der Waals surface area contributed by atoms with E-state index in [9.17, 15) is 9.59 Å². The summed E-state index contributed by atoms with van der Waals surface area (Å²) < 4.78 is 1.77. The fraction of sp³-hybridized carbons (Fsp3) is 0.273. The van der Waals surface area contributed by atoms with E-state index >= 15 is 0 Å². The number of carbonyl (C=O) groups is 2. The molecule has 174 valence electrons. The van der Waals surface area contributed by atoms with Gasteiger partial charge in [-0.3, -0.25) is 9.59 Å². The number of thioether (sulfide) groups is 1. The molecule has 2 aromatic carbocycles. The zero-order chi connectivity index (χ0) is 24.1. The van der Waals surface area contributed by atoms with Crippen LogP contribution in [0.1, 0.15) is 36.1 Å². The minimum atomic E-state index is -0.404. The van der Waals surface area contributed by atoms with Crippen molar-refractivity contribution in [1.29, 1.82) is 0 Å². The molecule has 0 fully saturated rings. The summed E-state index contributed by atoms with van der Waals surface area (Å²) in [7, 11) is 1.80. The van der Waals surface area contributed by atoms with Crippen molar-refractivity contribution >= 4 is 64.1 Å². The Labute approximate surface area is 211 Å². The molecule has 0 bridgehead atoms. The van der Waals surface area contributed by atoms with Crippen LogP contribution in [0.4, 0.5) is 5.69 Å². The number of aromatic nitrogens is 3. The van der Waals surface area contributed by atoms with Gasteiger partial charge in [-0.2, -0.15) is 0 Å². The number of hydrogen-bond donors (Lipinski definition) is 2. The third-order valence-electron chi connectivity index (χ3n) is 4.72. The van der Waals surface area contributed by atoms with Gasteiger partial charge in [0, 0.05) is 23.3 Å². The van der Waals surface area contributed by atoms with E-state index in [4.69, 9.17) is 34.8 Å². The van der Waals surface area contributed by atoms with Crippen molar-refractivity contribution in [3.8, 4) is 0 Å². The van der Waals surface area contributed by atoms with Crippen LogP contribution in [0.5, 0.6) is 0 Å². The quantitative estimate of drug-likeness (QED) is 0.371. The van der Waals surface area contributed by atoms with Gasteiger partial charge < -0.3 is 15.2 Å². The molecular weight excluding hydrogens is 505 g/mol.